The third-order valence-corrected chi connectivity index (χ3v) is 5.77. The number of methoxy groups -OCH3 is 1. The number of rotatable bonds is 8. The van der Waals surface area contributed by atoms with Gasteiger partial charge in [-0.1, -0.05) is 41.9 Å². The number of fused-ring (bicyclic) bond motifs is 1. The van der Waals surface area contributed by atoms with Crippen LogP contribution in [0.2, 0.25) is 5.02 Å². The van der Waals surface area contributed by atoms with Gasteiger partial charge in [0, 0.05) is 22.7 Å². The van der Waals surface area contributed by atoms with Gasteiger partial charge in [0.15, 0.2) is 0 Å². The highest BCUT2D eigenvalue weighted by atomic mass is 35.5. The van der Waals surface area contributed by atoms with Crippen LogP contribution in [0.4, 0.5) is 11.4 Å². The highest BCUT2D eigenvalue weighted by Gasteiger charge is 2.16. The average Bonchev–Trinajstić information content (AvgIpc) is 2.91. The summed E-state index contributed by atoms with van der Waals surface area (Å²) in [6, 6.07) is 23.9. The number of anilines is 1. The van der Waals surface area contributed by atoms with Gasteiger partial charge in [0.2, 0.25) is 0 Å². The molecule has 8 nitrogen and oxygen atoms in total. The number of hydrogen-bond acceptors (Lipinski definition) is 6. The number of benzene rings is 4. The smallest absolute Gasteiger partial charge is 0.269 e. The molecule has 0 saturated carbocycles. The summed E-state index contributed by atoms with van der Waals surface area (Å²) in [5.41, 5.74) is 1.43. The number of carbonyl (C=O) groups is 1. The minimum absolute atomic E-state index is 0.0147. The summed E-state index contributed by atoms with van der Waals surface area (Å²) in [4.78, 5) is 23.5. The predicted molar refractivity (Wildman–Crippen MR) is 142 cm³/mol. The fourth-order valence-electron chi connectivity index (χ4n) is 3.69. The zero-order valence-corrected chi connectivity index (χ0v) is 20.4. The van der Waals surface area contributed by atoms with Crippen LogP contribution in [-0.2, 0) is 11.4 Å². The molecule has 0 aromatic heterocycles. The molecule has 0 spiro atoms. The molecule has 4 rings (SSSR count). The van der Waals surface area contributed by atoms with E-state index in [-0.39, 0.29) is 17.9 Å². The van der Waals surface area contributed by atoms with Gasteiger partial charge in [0.1, 0.15) is 29.7 Å². The van der Waals surface area contributed by atoms with Gasteiger partial charge < -0.3 is 14.8 Å². The predicted octanol–water partition coefficient (Wildman–Crippen LogP) is 6.53. The number of nitriles is 1. The second-order valence-corrected chi connectivity index (χ2v) is 8.32. The number of non-ortho nitro benzene ring substituents is 1. The molecular formula is C28H20ClN3O5. The van der Waals surface area contributed by atoms with Crippen LogP contribution in [0.5, 0.6) is 11.5 Å². The molecule has 0 unspecified atom stereocenters. The second kappa shape index (κ2) is 11.2. The monoisotopic (exact) mass is 513 g/mol. The normalized spacial score (nSPS) is 11.0. The standard InChI is InChI=1S/C28H20ClN3O5/c1-36-27-13-9-21(29)15-25(27)31-28(33)20(16-30)14-24-23-5-3-2-4-19(23)8-12-26(24)37-17-18-6-10-22(11-7-18)32(34)35/h2-15H,17H2,1H3,(H,31,33)/b20-14+. The first-order chi connectivity index (χ1) is 17.9. The topological polar surface area (TPSA) is 114 Å². The fraction of sp³-hybridized carbons (Fsp3) is 0.0714. The van der Waals surface area contributed by atoms with Gasteiger partial charge in [-0.05, 0) is 58.8 Å². The van der Waals surface area contributed by atoms with E-state index in [1.807, 2.05) is 36.4 Å². The molecule has 1 amide bonds. The number of hydrogen-bond donors (Lipinski definition) is 1. The number of nitrogens with one attached hydrogen (secondary N) is 1. The summed E-state index contributed by atoms with van der Waals surface area (Å²) in [7, 11) is 1.46. The van der Waals surface area contributed by atoms with Gasteiger partial charge in [0.05, 0.1) is 17.7 Å². The van der Waals surface area contributed by atoms with Crippen molar-refractivity contribution in [2.45, 2.75) is 6.61 Å². The van der Waals surface area contributed by atoms with Crippen LogP contribution >= 0.6 is 11.6 Å². The van der Waals surface area contributed by atoms with Crippen molar-refractivity contribution >= 4 is 45.7 Å². The Bertz CT molecular complexity index is 1560. The number of carbonyl (C=O) groups excluding carboxylic acids is 1. The molecule has 37 heavy (non-hydrogen) atoms. The van der Waals surface area contributed by atoms with Crippen LogP contribution in [0, 0.1) is 21.4 Å². The van der Waals surface area contributed by atoms with E-state index in [9.17, 15) is 20.2 Å². The molecule has 4 aromatic rings. The Morgan fingerprint density at radius 3 is 2.51 bits per heavy atom. The summed E-state index contributed by atoms with van der Waals surface area (Å²) >= 11 is 6.06. The molecular weight excluding hydrogens is 494 g/mol. The van der Waals surface area contributed by atoms with Crippen molar-refractivity contribution in [1.82, 2.24) is 0 Å². The van der Waals surface area contributed by atoms with Gasteiger partial charge >= 0.3 is 0 Å². The summed E-state index contributed by atoms with van der Waals surface area (Å²) < 4.78 is 11.3. The molecule has 0 aliphatic carbocycles. The number of nitro groups is 1. The minimum atomic E-state index is -0.641. The van der Waals surface area contributed by atoms with Crippen LogP contribution in [0.1, 0.15) is 11.1 Å². The molecule has 0 fully saturated rings. The lowest BCUT2D eigenvalue weighted by atomic mass is 10.0. The maximum atomic E-state index is 13.0. The minimum Gasteiger partial charge on any atom is -0.495 e. The number of halogens is 1. The molecule has 0 aliphatic rings. The summed E-state index contributed by atoms with van der Waals surface area (Å²) in [5.74, 6) is 0.197. The Morgan fingerprint density at radius 2 is 1.81 bits per heavy atom. The van der Waals surface area contributed by atoms with Crippen LogP contribution in [0.15, 0.2) is 84.4 Å². The summed E-state index contributed by atoms with van der Waals surface area (Å²) in [6.07, 6.45) is 1.47. The van der Waals surface area contributed by atoms with Crippen molar-refractivity contribution in [1.29, 1.82) is 5.26 Å². The third-order valence-electron chi connectivity index (χ3n) is 5.54. The van der Waals surface area contributed by atoms with E-state index in [0.717, 1.165) is 16.3 Å². The van der Waals surface area contributed by atoms with Crippen LogP contribution in [0.3, 0.4) is 0 Å². The molecule has 0 atom stereocenters. The Balaban J connectivity index is 1.68. The molecule has 4 aromatic carbocycles. The molecule has 9 heteroatoms. The number of nitrogens with zero attached hydrogens (tertiary/aromatic N) is 2. The lowest BCUT2D eigenvalue weighted by Gasteiger charge is -2.13. The van der Waals surface area contributed by atoms with Gasteiger partial charge in [-0.25, -0.2) is 0 Å². The second-order valence-electron chi connectivity index (χ2n) is 7.88. The first kappa shape index (κ1) is 25.2. The van der Waals surface area contributed by atoms with E-state index in [2.05, 4.69) is 5.32 Å². The molecule has 0 heterocycles. The van der Waals surface area contributed by atoms with Crippen molar-refractivity contribution in [3.63, 3.8) is 0 Å². The van der Waals surface area contributed by atoms with Gasteiger partial charge in [-0.2, -0.15) is 5.26 Å². The largest absolute Gasteiger partial charge is 0.495 e. The van der Waals surface area contributed by atoms with Gasteiger partial charge in [-0.3, -0.25) is 14.9 Å². The Kier molecular flexibility index (Phi) is 7.67. The maximum absolute atomic E-state index is 13.0. The van der Waals surface area contributed by atoms with Crippen molar-refractivity contribution < 1.29 is 19.2 Å². The van der Waals surface area contributed by atoms with E-state index in [4.69, 9.17) is 21.1 Å². The lowest BCUT2D eigenvalue weighted by molar-refractivity contribution is -0.384. The van der Waals surface area contributed by atoms with E-state index in [1.165, 1.54) is 31.4 Å². The van der Waals surface area contributed by atoms with Gasteiger partial charge in [-0.15, -0.1) is 0 Å². The van der Waals surface area contributed by atoms with E-state index in [1.54, 1.807) is 30.3 Å². The van der Waals surface area contributed by atoms with E-state index >= 15 is 0 Å². The third kappa shape index (κ3) is 5.86. The van der Waals surface area contributed by atoms with Crippen molar-refractivity contribution in [2.75, 3.05) is 12.4 Å². The lowest BCUT2D eigenvalue weighted by Crippen LogP contribution is -2.14. The van der Waals surface area contributed by atoms with Crippen LogP contribution in [-0.4, -0.2) is 17.9 Å². The SMILES string of the molecule is COc1ccc(Cl)cc1NC(=O)/C(C#N)=C/c1c(OCc2ccc([N+](=O)[O-])cc2)ccc2ccccc12. The Hall–Kier alpha value is -4.87. The Morgan fingerprint density at radius 1 is 1.08 bits per heavy atom. The fourth-order valence-corrected chi connectivity index (χ4v) is 3.86. The molecule has 0 bridgehead atoms. The highest BCUT2D eigenvalue weighted by molar-refractivity contribution is 6.31. The number of ether oxygens (including phenoxy) is 2. The number of nitro benzene ring substituents is 1. The molecule has 0 saturated heterocycles. The van der Waals surface area contributed by atoms with Crippen molar-refractivity contribution in [3.05, 3.63) is 111 Å². The molecule has 0 radical (unpaired) electrons. The first-order valence-corrected chi connectivity index (χ1v) is 11.4. The van der Waals surface area contributed by atoms with E-state index in [0.29, 0.717) is 27.8 Å². The van der Waals surface area contributed by atoms with Crippen LogP contribution < -0.4 is 14.8 Å². The van der Waals surface area contributed by atoms with Crippen molar-refractivity contribution in [2.24, 2.45) is 0 Å². The quantitative estimate of drug-likeness (QED) is 0.124. The maximum Gasteiger partial charge on any atom is 0.269 e. The first-order valence-electron chi connectivity index (χ1n) is 11.0. The van der Waals surface area contributed by atoms with Crippen LogP contribution in [0.25, 0.3) is 16.8 Å². The van der Waals surface area contributed by atoms with Gasteiger partial charge in [0.25, 0.3) is 11.6 Å². The van der Waals surface area contributed by atoms with E-state index < -0.39 is 10.8 Å². The highest BCUT2D eigenvalue weighted by Crippen LogP contribution is 2.32. The summed E-state index contributed by atoms with van der Waals surface area (Å²) in [5, 5.41) is 25.5. The zero-order chi connectivity index (χ0) is 26.4. The molecule has 0 aliphatic heterocycles. The van der Waals surface area contributed by atoms with Crippen molar-refractivity contribution in [3.8, 4) is 17.6 Å². The number of amides is 1. The zero-order valence-electron chi connectivity index (χ0n) is 19.6. The summed E-state index contributed by atoms with van der Waals surface area (Å²) in [6.45, 7) is 0.130. The molecule has 184 valence electrons. The Labute approximate surface area is 217 Å². The molecule has 1 N–H and O–H groups in total. The average molecular weight is 514 g/mol.